The molecule has 0 spiro atoms. The largest absolute Gasteiger partial charge is 0.485 e. The molecule has 3 unspecified atom stereocenters. The Morgan fingerprint density at radius 3 is 2.85 bits per heavy atom. The summed E-state index contributed by atoms with van der Waals surface area (Å²) in [5.74, 6) is 0.598. The molecule has 27 heavy (non-hydrogen) atoms. The molecule has 1 aliphatic heterocycles. The van der Waals surface area contributed by atoms with Gasteiger partial charge < -0.3 is 14.4 Å². The smallest absolute Gasteiger partial charge is 0.320 e. The van der Waals surface area contributed by atoms with Gasteiger partial charge in [-0.25, -0.2) is 4.39 Å². The molecule has 1 aromatic carbocycles. The van der Waals surface area contributed by atoms with Gasteiger partial charge in [-0.1, -0.05) is 18.0 Å². The summed E-state index contributed by atoms with van der Waals surface area (Å²) in [5, 5.41) is 13.5. The van der Waals surface area contributed by atoms with Crippen LogP contribution in [0.15, 0.2) is 28.8 Å². The first-order chi connectivity index (χ1) is 13.1. The fraction of sp³-hybridized carbons (Fsp3) is 0.526. The van der Waals surface area contributed by atoms with Gasteiger partial charge in [0, 0.05) is 6.04 Å². The van der Waals surface area contributed by atoms with Crippen LogP contribution in [-0.4, -0.2) is 38.2 Å². The van der Waals surface area contributed by atoms with Crippen LogP contribution in [-0.2, 0) is 17.9 Å². The normalized spacial score (nSPS) is 25.3. The zero-order valence-corrected chi connectivity index (χ0v) is 14.9. The van der Waals surface area contributed by atoms with Crippen LogP contribution in [0.4, 0.5) is 4.39 Å². The van der Waals surface area contributed by atoms with E-state index in [1.54, 1.807) is 0 Å². The van der Waals surface area contributed by atoms with E-state index in [-0.39, 0.29) is 18.5 Å². The van der Waals surface area contributed by atoms with Crippen molar-refractivity contribution >= 4 is 5.97 Å². The number of carboxylic acid groups (broad SMARTS) is 1. The zero-order valence-electron chi connectivity index (χ0n) is 14.9. The van der Waals surface area contributed by atoms with E-state index < -0.39 is 12.0 Å². The van der Waals surface area contributed by atoms with E-state index in [0.717, 1.165) is 19.3 Å². The average Bonchev–Trinajstić information content (AvgIpc) is 3.27. The van der Waals surface area contributed by atoms with E-state index in [4.69, 9.17) is 9.26 Å². The summed E-state index contributed by atoms with van der Waals surface area (Å²) in [7, 11) is 0. The van der Waals surface area contributed by atoms with E-state index in [0.29, 0.717) is 36.3 Å². The number of carboxylic acids is 1. The third-order valence-corrected chi connectivity index (χ3v) is 5.52. The van der Waals surface area contributed by atoms with Gasteiger partial charge in [0.15, 0.2) is 6.61 Å². The highest BCUT2D eigenvalue weighted by atomic mass is 19.1. The number of ether oxygens (including phenoxy) is 1. The van der Waals surface area contributed by atoms with Crippen molar-refractivity contribution < 1.29 is 23.6 Å². The number of carbonyl (C=O) groups is 1. The molecule has 1 aliphatic carbocycles. The van der Waals surface area contributed by atoms with Crippen molar-refractivity contribution in [3.8, 4) is 5.75 Å². The Morgan fingerprint density at radius 1 is 1.30 bits per heavy atom. The van der Waals surface area contributed by atoms with E-state index in [1.165, 1.54) is 30.7 Å². The van der Waals surface area contributed by atoms with Crippen LogP contribution in [0.5, 0.6) is 5.75 Å². The van der Waals surface area contributed by atoms with Gasteiger partial charge in [0.25, 0.3) is 0 Å². The van der Waals surface area contributed by atoms with E-state index in [1.807, 2.05) is 4.90 Å². The van der Waals surface area contributed by atoms with Crippen molar-refractivity contribution in [1.82, 2.24) is 15.0 Å². The van der Waals surface area contributed by atoms with Crippen molar-refractivity contribution in [3.63, 3.8) is 0 Å². The lowest BCUT2D eigenvalue weighted by atomic mass is 9.85. The highest BCUT2D eigenvalue weighted by Gasteiger charge is 2.45. The quantitative estimate of drug-likeness (QED) is 0.830. The average molecular weight is 375 g/mol. The predicted octanol–water partition coefficient (Wildman–Crippen LogP) is 3.01. The van der Waals surface area contributed by atoms with Gasteiger partial charge in [0.05, 0.1) is 6.54 Å². The third-order valence-electron chi connectivity index (χ3n) is 5.52. The number of aromatic nitrogens is 2. The molecule has 1 N–H and O–H groups in total. The molecule has 2 fully saturated rings. The second kappa shape index (κ2) is 7.64. The van der Waals surface area contributed by atoms with E-state index in [2.05, 4.69) is 10.1 Å². The number of fused-ring (bicyclic) bond motifs is 1. The summed E-state index contributed by atoms with van der Waals surface area (Å²) in [4.78, 5) is 18.0. The Labute approximate surface area is 156 Å². The van der Waals surface area contributed by atoms with Gasteiger partial charge in [-0.15, -0.1) is 0 Å². The molecule has 0 bridgehead atoms. The summed E-state index contributed by atoms with van der Waals surface area (Å²) in [5.41, 5.74) is 0. The Morgan fingerprint density at radius 2 is 2.07 bits per heavy atom. The molecule has 1 aromatic heterocycles. The van der Waals surface area contributed by atoms with Gasteiger partial charge in [0.2, 0.25) is 11.7 Å². The zero-order chi connectivity index (χ0) is 18.8. The summed E-state index contributed by atoms with van der Waals surface area (Å²) in [6.45, 7) is 0.436. The van der Waals surface area contributed by atoms with Crippen LogP contribution in [0.1, 0.15) is 43.8 Å². The number of hydrogen-bond donors (Lipinski definition) is 1. The summed E-state index contributed by atoms with van der Waals surface area (Å²) >= 11 is 0. The molecule has 2 aliphatic rings. The van der Waals surface area contributed by atoms with Crippen LogP contribution >= 0.6 is 0 Å². The minimum absolute atomic E-state index is 0.101. The van der Waals surface area contributed by atoms with E-state index in [9.17, 15) is 14.3 Å². The minimum atomic E-state index is -0.788. The fourth-order valence-corrected chi connectivity index (χ4v) is 4.27. The monoisotopic (exact) mass is 375 g/mol. The Bertz CT molecular complexity index is 795. The van der Waals surface area contributed by atoms with Crippen molar-refractivity contribution in [3.05, 3.63) is 41.8 Å². The van der Waals surface area contributed by atoms with Gasteiger partial charge in [-0.3, -0.25) is 9.69 Å². The fourth-order valence-electron chi connectivity index (χ4n) is 4.27. The Balaban J connectivity index is 1.40. The molecule has 8 heteroatoms. The lowest BCUT2D eigenvalue weighted by Gasteiger charge is -2.31. The highest BCUT2D eigenvalue weighted by molar-refractivity contribution is 5.74. The first-order valence-corrected chi connectivity index (χ1v) is 9.28. The summed E-state index contributed by atoms with van der Waals surface area (Å²) in [6.07, 6.45) is 5.10. The summed E-state index contributed by atoms with van der Waals surface area (Å²) < 4.78 is 23.7. The van der Waals surface area contributed by atoms with Gasteiger partial charge >= 0.3 is 5.97 Å². The lowest BCUT2D eigenvalue weighted by molar-refractivity contribution is -0.143. The molecular formula is C19H22FN3O4. The second-order valence-electron chi connectivity index (χ2n) is 7.22. The first-order valence-electron chi connectivity index (χ1n) is 9.28. The predicted molar refractivity (Wildman–Crippen MR) is 92.4 cm³/mol. The van der Waals surface area contributed by atoms with Gasteiger partial charge in [-0.05, 0) is 49.4 Å². The van der Waals surface area contributed by atoms with Gasteiger partial charge in [-0.2, -0.15) is 4.98 Å². The van der Waals surface area contributed by atoms with Crippen molar-refractivity contribution in [2.24, 2.45) is 5.92 Å². The highest BCUT2D eigenvalue weighted by Crippen LogP contribution is 2.40. The van der Waals surface area contributed by atoms with E-state index >= 15 is 0 Å². The maximum Gasteiger partial charge on any atom is 0.320 e. The molecule has 0 radical (unpaired) electrons. The number of hydrogen-bond acceptors (Lipinski definition) is 6. The topological polar surface area (TPSA) is 88.7 Å². The van der Waals surface area contributed by atoms with Crippen LogP contribution in [0, 0.1) is 11.7 Å². The first kappa shape index (κ1) is 17.9. The molecule has 2 heterocycles. The SMILES string of the molecule is O=C(O)C1CC2CCCCC2N1Cc1nc(COc2ccc(F)cc2)no1. The molecule has 1 saturated heterocycles. The maximum atomic E-state index is 12.9. The molecule has 4 rings (SSSR count). The molecule has 7 nitrogen and oxygen atoms in total. The summed E-state index contributed by atoms with van der Waals surface area (Å²) in [6, 6.07) is 5.46. The third kappa shape index (κ3) is 3.95. The van der Waals surface area contributed by atoms with Gasteiger partial charge in [0.1, 0.15) is 17.6 Å². The molecular weight excluding hydrogens is 353 g/mol. The van der Waals surface area contributed by atoms with Crippen LogP contribution in [0.2, 0.25) is 0 Å². The van der Waals surface area contributed by atoms with Crippen molar-refractivity contribution in [2.45, 2.75) is 57.3 Å². The Kier molecular flexibility index (Phi) is 5.07. The number of aliphatic carboxylic acids is 1. The van der Waals surface area contributed by atoms with Crippen LogP contribution in [0.3, 0.4) is 0 Å². The molecule has 2 aromatic rings. The van der Waals surface area contributed by atoms with Crippen LogP contribution in [0.25, 0.3) is 0 Å². The lowest BCUT2D eigenvalue weighted by Crippen LogP contribution is -2.41. The number of likely N-dealkylation sites (tertiary alicyclic amines) is 1. The maximum absolute atomic E-state index is 12.9. The number of halogens is 1. The number of nitrogens with zero attached hydrogens (tertiary/aromatic N) is 3. The number of benzene rings is 1. The van der Waals surface area contributed by atoms with Crippen molar-refractivity contribution in [2.75, 3.05) is 0 Å². The molecule has 1 saturated carbocycles. The Hall–Kier alpha value is -2.48. The number of rotatable bonds is 6. The molecule has 144 valence electrons. The molecule has 3 atom stereocenters. The molecule has 0 amide bonds. The minimum Gasteiger partial charge on any atom is -0.485 e. The second-order valence-corrected chi connectivity index (χ2v) is 7.22. The van der Waals surface area contributed by atoms with Crippen molar-refractivity contribution in [1.29, 1.82) is 0 Å². The standard InChI is InChI=1S/C19H22FN3O4/c20-13-5-7-14(8-6-13)26-11-17-21-18(27-22-17)10-23-15-4-2-1-3-12(15)9-16(23)19(24)25/h5-8,12,15-16H,1-4,9-11H2,(H,24,25). The van der Waals surface area contributed by atoms with Crippen LogP contribution < -0.4 is 4.74 Å².